The molecule has 4 heteroatoms. The van der Waals surface area contributed by atoms with Gasteiger partial charge in [0.2, 0.25) is 0 Å². The third kappa shape index (κ3) is 3.53. The number of alkyl carbamates (subject to hydrolysis) is 1. The van der Waals surface area contributed by atoms with Crippen LogP contribution < -0.4 is 5.32 Å². The predicted octanol–water partition coefficient (Wildman–Crippen LogP) is 1.88. The summed E-state index contributed by atoms with van der Waals surface area (Å²) in [5.41, 5.74) is -1.29. The van der Waals surface area contributed by atoms with E-state index in [0.717, 1.165) is 19.1 Å². The first-order valence-electron chi connectivity index (χ1n) is 5.24. The molecule has 1 unspecified atom stereocenters. The molecular weight excluding hydrogens is 194 g/mol. The second kappa shape index (κ2) is 3.83. The van der Waals surface area contributed by atoms with Gasteiger partial charge in [-0.3, -0.25) is 0 Å². The Kier molecular flexibility index (Phi) is 3.07. The number of ether oxygens (including phenoxy) is 1. The van der Waals surface area contributed by atoms with E-state index in [-0.39, 0.29) is 5.92 Å². The molecule has 1 aliphatic carbocycles. The molecular formula is C11H19NO3. The van der Waals surface area contributed by atoms with Crippen LogP contribution in [0.25, 0.3) is 0 Å². The first-order chi connectivity index (χ1) is 6.77. The SMILES string of the molecule is CC(C)(C)OC(=O)NC(C)(C=O)C1CC1. The minimum atomic E-state index is -0.762. The summed E-state index contributed by atoms with van der Waals surface area (Å²) in [5, 5.41) is 2.63. The molecule has 0 aliphatic heterocycles. The Hall–Kier alpha value is -1.06. The standard InChI is InChI=1S/C11H19NO3/c1-10(2,3)15-9(14)12-11(4,7-13)8-5-6-8/h7-8H,5-6H2,1-4H3,(H,12,14). The summed E-state index contributed by atoms with van der Waals surface area (Å²) in [6.45, 7) is 7.12. The molecule has 0 heterocycles. The molecule has 0 aromatic carbocycles. The molecule has 1 saturated carbocycles. The Balaban J connectivity index is 2.52. The first-order valence-corrected chi connectivity index (χ1v) is 5.24. The van der Waals surface area contributed by atoms with Crippen molar-refractivity contribution >= 4 is 12.4 Å². The van der Waals surface area contributed by atoms with Gasteiger partial charge >= 0.3 is 6.09 Å². The van der Waals surface area contributed by atoms with E-state index in [0.29, 0.717) is 0 Å². The molecule has 0 aromatic heterocycles. The van der Waals surface area contributed by atoms with Crippen molar-refractivity contribution < 1.29 is 14.3 Å². The highest BCUT2D eigenvalue weighted by Crippen LogP contribution is 2.38. The molecule has 0 radical (unpaired) electrons. The smallest absolute Gasteiger partial charge is 0.408 e. The minimum Gasteiger partial charge on any atom is -0.444 e. The number of carbonyl (C=O) groups is 2. The van der Waals surface area contributed by atoms with Crippen molar-refractivity contribution in [1.29, 1.82) is 0 Å². The van der Waals surface area contributed by atoms with Crippen LogP contribution in [-0.2, 0) is 9.53 Å². The average molecular weight is 213 g/mol. The molecule has 1 fully saturated rings. The van der Waals surface area contributed by atoms with E-state index < -0.39 is 17.2 Å². The number of amides is 1. The van der Waals surface area contributed by atoms with Gasteiger partial charge in [-0.05, 0) is 46.5 Å². The van der Waals surface area contributed by atoms with Crippen molar-refractivity contribution in [3.63, 3.8) is 0 Å². The second-order valence-corrected chi connectivity index (χ2v) is 5.30. The number of hydrogen-bond donors (Lipinski definition) is 1. The second-order valence-electron chi connectivity index (χ2n) is 5.30. The van der Waals surface area contributed by atoms with E-state index in [1.54, 1.807) is 27.7 Å². The predicted molar refractivity (Wildman–Crippen MR) is 56.6 cm³/mol. The summed E-state index contributed by atoms with van der Waals surface area (Å²) in [6, 6.07) is 0. The number of aldehydes is 1. The fourth-order valence-corrected chi connectivity index (χ4v) is 1.43. The Labute approximate surface area is 90.4 Å². The van der Waals surface area contributed by atoms with Gasteiger partial charge in [0.15, 0.2) is 0 Å². The van der Waals surface area contributed by atoms with E-state index in [1.165, 1.54) is 0 Å². The lowest BCUT2D eigenvalue weighted by atomic mass is 9.98. The molecule has 0 bridgehead atoms. The third-order valence-electron chi connectivity index (χ3n) is 2.44. The topological polar surface area (TPSA) is 55.4 Å². The maximum absolute atomic E-state index is 11.5. The van der Waals surface area contributed by atoms with Crippen molar-refractivity contribution in [2.24, 2.45) is 5.92 Å². The molecule has 0 saturated heterocycles. The average Bonchev–Trinajstić information content (AvgIpc) is 2.81. The number of rotatable bonds is 3. The first kappa shape index (κ1) is 12.0. The van der Waals surface area contributed by atoms with Crippen LogP contribution in [0.5, 0.6) is 0 Å². The van der Waals surface area contributed by atoms with Crippen LogP contribution in [0.2, 0.25) is 0 Å². The van der Waals surface area contributed by atoms with Gasteiger partial charge in [-0.15, -0.1) is 0 Å². The van der Waals surface area contributed by atoms with Crippen molar-refractivity contribution in [2.75, 3.05) is 0 Å². The fraction of sp³-hybridized carbons (Fsp3) is 0.818. The third-order valence-corrected chi connectivity index (χ3v) is 2.44. The highest BCUT2D eigenvalue weighted by molar-refractivity contribution is 5.77. The molecule has 86 valence electrons. The van der Waals surface area contributed by atoms with Gasteiger partial charge in [-0.2, -0.15) is 0 Å². The van der Waals surface area contributed by atoms with Gasteiger partial charge in [0.1, 0.15) is 11.9 Å². The zero-order valence-corrected chi connectivity index (χ0v) is 9.79. The van der Waals surface area contributed by atoms with E-state index in [2.05, 4.69) is 5.32 Å². The van der Waals surface area contributed by atoms with Crippen LogP contribution in [0.4, 0.5) is 4.79 Å². The monoisotopic (exact) mass is 213 g/mol. The Morgan fingerprint density at radius 1 is 1.33 bits per heavy atom. The van der Waals surface area contributed by atoms with Crippen LogP contribution in [0.1, 0.15) is 40.5 Å². The summed E-state index contributed by atoms with van der Waals surface area (Å²) in [4.78, 5) is 22.4. The fourth-order valence-electron chi connectivity index (χ4n) is 1.43. The van der Waals surface area contributed by atoms with Crippen LogP contribution in [-0.4, -0.2) is 23.5 Å². The highest BCUT2D eigenvalue weighted by atomic mass is 16.6. The normalized spacial score (nSPS) is 20.3. The van der Waals surface area contributed by atoms with Crippen molar-refractivity contribution in [3.05, 3.63) is 0 Å². The molecule has 0 aromatic rings. The zero-order valence-electron chi connectivity index (χ0n) is 9.79. The van der Waals surface area contributed by atoms with E-state index in [4.69, 9.17) is 4.74 Å². The maximum atomic E-state index is 11.5. The molecule has 4 nitrogen and oxygen atoms in total. The Bertz CT molecular complexity index is 265. The lowest BCUT2D eigenvalue weighted by Gasteiger charge is -2.27. The summed E-state index contributed by atoms with van der Waals surface area (Å²) >= 11 is 0. The molecule has 1 rings (SSSR count). The summed E-state index contributed by atoms with van der Waals surface area (Å²) in [7, 11) is 0. The van der Waals surface area contributed by atoms with E-state index in [9.17, 15) is 9.59 Å². The quantitative estimate of drug-likeness (QED) is 0.728. The lowest BCUT2D eigenvalue weighted by molar-refractivity contribution is -0.113. The van der Waals surface area contributed by atoms with Crippen molar-refractivity contribution in [2.45, 2.75) is 51.7 Å². The van der Waals surface area contributed by atoms with Crippen LogP contribution in [0.3, 0.4) is 0 Å². The van der Waals surface area contributed by atoms with Crippen molar-refractivity contribution in [3.8, 4) is 0 Å². The Morgan fingerprint density at radius 2 is 1.87 bits per heavy atom. The van der Waals surface area contributed by atoms with Crippen LogP contribution >= 0.6 is 0 Å². The van der Waals surface area contributed by atoms with Crippen LogP contribution in [0, 0.1) is 5.92 Å². The zero-order chi connectivity index (χ0) is 11.7. The van der Waals surface area contributed by atoms with Crippen LogP contribution in [0.15, 0.2) is 0 Å². The van der Waals surface area contributed by atoms with Gasteiger partial charge in [-0.1, -0.05) is 0 Å². The lowest BCUT2D eigenvalue weighted by Crippen LogP contribution is -2.50. The van der Waals surface area contributed by atoms with Gasteiger partial charge in [0.25, 0.3) is 0 Å². The van der Waals surface area contributed by atoms with Gasteiger partial charge in [0.05, 0.1) is 5.54 Å². The molecule has 1 atom stereocenters. The summed E-state index contributed by atoms with van der Waals surface area (Å²) in [6.07, 6.45) is 2.26. The summed E-state index contributed by atoms with van der Waals surface area (Å²) in [5.74, 6) is 0.266. The van der Waals surface area contributed by atoms with E-state index in [1.807, 2.05) is 0 Å². The largest absolute Gasteiger partial charge is 0.444 e. The molecule has 1 amide bonds. The van der Waals surface area contributed by atoms with E-state index >= 15 is 0 Å². The van der Waals surface area contributed by atoms with Gasteiger partial charge < -0.3 is 14.8 Å². The Morgan fingerprint density at radius 3 is 2.20 bits per heavy atom. The molecule has 0 spiro atoms. The van der Waals surface area contributed by atoms with Gasteiger partial charge in [0, 0.05) is 0 Å². The van der Waals surface area contributed by atoms with Gasteiger partial charge in [-0.25, -0.2) is 4.79 Å². The number of hydrogen-bond acceptors (Lipinski definition) is 3. The van der Waals surface area contributed by atoms with Crippen molar-refractivity contribution in [1.82, 2.24) is 5.32 Å². The highest BCUT2D eigenvalue weighted by Gasteiger charge is 2.43. The summed E-state index contributed by atoms with van der Waals surface area (Å²) < 4.78 is 5.10. The molecule has 15 heavy (non-hydrogen) atoms. The molecule has 1 N–H and O–H groups in total. The number of carbonyl (C=O) groups excluding carboxylic acids is 2. The maximum Gasteiger partial charge on any atom is 0.408 e. The molecule has 1 aliphatic rings. The minimum absolute atomic E-state index is 0.266. The number of nitrogens with one attached hydrogen (secondary N) is 1.